The van der Waals surface area contributed by atoms with E-state index in [-0.39, 0.29) is 49.7 Å². The van der Waals surface area contributed by atoms with Crippen molar-refractivity contribution in [1.82, 2.24) is 10.2 Å². The number of anilines is 1. The van der Waals surface area contributed by atoms with E-state index in [1.807, 2.05) is 6.07 Å². The summed E-state index contributed by atoms with van der Waals surface area (Å²) in [5.74, 6) is -0.359. The van der Waals surface area contributed by atoms with Crippen LogP contribution in [0.15, 0.2) is 24.3 Å². The number of aryl methyl sites for hydroxylation is 1. The summed E-state index contributed by atoms with van der Waals surface area (Å²) in [6.07, 6.45) is 0. The summed E-state index contributed by atoms with van der Waals surface area (Å²) in [5, 5.41) is 2.51. The number of nitrogens with two attached hydrogens (primary N) is 1. The van der Waals surface area contributed by atoms with E-state index >= 15 is 0 Å². The first-order valence-electron chi connectivity index (χ1n) is 7.16. The Labute approximate surface area is 149 Å². The molecule has 0 unspecified atom stereocenters. The Balaban J connectivity index is 0.00000242. The zero-order valence-corrected chi connectivity index (χ0v) is 14.8. The molecule has 0 saturated carbocycles. The number of nitrogens with zero attached hydrogens (tertiary/aromatic N) is 2. The summed E-state index contributed by atoms with van der Waals surface area (Å²) in [6, 6.07) is 8.36. The first kappa shape index (κ1) is 21.5. The second-order valence-electron chi connectivity index (χ2n) is 5.19. The molecule has 1 fully saturated rings. The van der Waals surface area contributed by atoms with Crippen LogP contribution >= 0.6 is 24.8 Å². The van der Waals surface area contributed by atoms with Gasteiger partial charge in [0.25, 0.3) is 0 Å². The van der Waals surface area contributed by atoms with E-state index in [2.05, 4.69) is 35.3 Å². The van der Waals surface area contributed by atoms with Gasteiger partial charge in [0, 0.05) is 31.9 Å². The van der Waals surface area contributed by atoms with Gasteiger partial charge in [-0.15, -0.1) is 24.8 Å². The minimum atomic E-state index is -0.304. The average Bonchev–Trinajstić information content (AvgIpc) is 2.52. The van der Waals surface area contributed by atoms with Crippen molar-refractivity contribution < 1.29 is 9.59 Å². The maximum atomic E-state index is 12.0. The fourth-order valence-electron chi connectivity index (χ4n) is 2.40. The lowest BCUT2D eigenvalue weighted by molar-refractivity contribution is -0.132. The van der Waals surface area contributed by atoms with Crippen molar-refractivity contribution in [3.63, 3.8) is 0 Å². The van der Waals surface area contributed by atoms with Crippen molar-refractivity contribution in [3.8, 4) is 0 Å². The normalized spacial score (nSPS) is 13.7. The zero-order chi connectivity index (χ0) is 15.2. The molecule has 1 aromatic carbocycles. The van der Waals surface area contributed by atoms with Crippen LogP contribution in [0.4, 0.5) is 5.69 Å². The van der Waals surface area contributed by atoms with E-state index in [9.17, 15) is 9.59 Å². The van der Waals surface area contributed by atoms with Crippen molar-refractivity contribution >= 4 is 42.3 Å². The lowest BCUT2D eigenvalue weighted by Gasteiger charge is -2.36. The summed E-state index contributed by atoms with van der Waals surface area (Å²) >= 11 is 0. The summed E-state index contributed by atoms with van der Waals surface area (Å²) < 4.78 is 0. The molecule has 1 aromatic rings. The molecule has 3 N–H and O–H groups in total. The third-order valence-corrected chi connectivity index (χ3v) is 3.62. The van der Waals surface area contributed by atoms with Gasteiger partial charge in [-0.25, -0.2) is 0 Å². The minimum Gasteiger partial charge on any atom is -0.368 e. The van der Waals surface area contributed by atoms with E-state index in [0.717, 1.165) is 13.1 Å². The van der Waals surface area contributed by atoms with E-state index in [1.165, 1.54) is 11.3 Å². The number of amides is 2. The number of nitrogens with one attached hydrogen (secondary N) is 1. The Morgan fingerprint density at radius 1 is 1.17 bits per heavy atom. The molecule has 0 radical (unpaired) electrons. The van der Waals surface area contributed by atoms with Crippen molar-refractivity contribution in [2.75, 3.05) is 44.2 Å². The first-order valence-corrected chi connectivity index (χ1v) is 7.16. The molecule has 2 rings (SSSR count). The van der Waals surface area contributed by atoms with Crippen molar-refractivity contribution in [1.29, 1.82) is 0 Å². The molecule has 23 heavy (non-hydrogen) atoms. The smallest absolute Gasteiger partial charge is 0.242 e. The van der Waals surface area contributed by atoms with Crippen LogP contribution < -0.4 is 16.0 Å². The Hall–Kier alpha value is -1.50. The maximum Gasteiger partial charge on any atom is 0.242 e. The summed E-state index contributed by atoms with van der Waals surface area (Å²) in [7, 11) is 0. The van der Waals surface area contributed by atoms with Gasteiger partial charge in [0.05, 0.1) is 13.1 Å². The second-order valence-corrected chi connectivity index (χ2v) is 5.19. The highest BCUT2D eigenvalue weighted by molar-refractivity contribution is 5.86. The van der Waals surface area contributed by atoms with Crippen LogP contribution in [0.1, 0.15) is 5.56 Å². The molecule has 1 aliphatic rings. The number of hydrogen-bond acceptors (Lipinski definition) is 4. The van der Waals surface area contributed by atoms with Crippen LogP contribution in [-0.2, 0) is 9.59 Å². The van der Waals surface area contributed by atoms with Crippen LogP contribution in [0.2, 0.25) is 0 Å². The van der Waals surface area contributed by atoms with Gasteiger partial charge >= 0.3 is 0 Å². The van der Waals surface area contributed by atoms with Gasteiger partial charge in [-0.2, -0.15) is 0 Å². The van der Waals surface area contributed by atoms with Crippen LogP contribution in [0.5, 0.6) is 0 Å². The van der Waals surface area contributed by atoms with Crippen molar-refractivity contribution in [2.45, 2.75) is 6.92 Å². The van der Waals surface area contributed by atoms with E-state index < -0.39 is 0 Å². The van der Waals surface area contributed by atoms with Crippen LogP contribution in [0.3, 0.4) is 0 Å². The largest absolute Gasteiger partial charge is 0.368 e. The van der Waals surface area contributed by atoms with Crippen molar-refractivity contribution in [3.05, 3.63) is 29.8 Å². The molecular weight excluding hydrogens is 339 g/mol. The lowest BCUT2D eigenvalue weighted by atomic mass is 10.2. The topological polar surface area (TPSA) is 78.7 Å². The molecule has 6 nitrogen and oxygen atoms in total. The number of halogens is 2. The van der Waals surface area contributed by atoms with Gasteiger partial charge in [0.1, 0.15) is 0 Å². The lowest BCUT2D eigenvalue weighted by Crippen LogP contribution is -2.51. The number of rotatable bonds is 4. The number of carbonyl (C=O) groups excluding carboxylic acids is 2. The Kier molecular flexibility index (Phi) is 9.64. The summed E-state index contributed by atoms with van der Waals surface area (Å²) in [6.45, 7) is 4.97. The molecule has 1 heterocycles. The van der Waals surface area contributed by atoms with Crippen LogP contribution in [0, 0.1) is 6.92 Å². The molecule has 1 saturated heterocycles. The van der Waals surface area contributed by atoms with Gasteiger partial charge in [0.2, 0.25) is 11.8 Å². The standard InChI is InChI=1S/C15H22N4O2.2ClH/c1-12-3-2-4-13(9-12)18-5-7-19(8-6-18)15(21)11-17-14(20)10-16;;/h2-4,9H,5-8,10-11,16H2,1H3,(H,17,20);2*1H. The van der Waals surface area contributed by atoms with Gasteiger partial charge in [-0.3, -0.25) is 9.59 Å². The van der Waals surface area contributed by atoms with E-state index in [4.69, 9.17) is 5.73 Å². The molecule has 0 aliphatic carbocycles. The van der Waals surface area contributed by atoms with E-state index in [1.54, 1.807) is 4.90 Å². The predicted octanol–water partition coefficient (Wildman–Crippen LogP) is 0.562. The van der Waals surface area contributed by atoms with Crippen LogP contribution in [-0.4, -0.2) is 56.0 Å². The number of benzene rings is 1. The molecule has 8 heteroatoms. The molecule has 0 aromatic heterocycles. The van der Waals surface area contributed by atoms with Crippen molar-refractivity contribution in [2.24, 2.45) is 5.73 Å². The Bertz CT molecular complexity index is 520. The summed E-state index contributed by atoms with van der Waals surface area (Å²) in [5.41, 5.74) is 7.61. The van der Waals surface area contributed by atoms with Gasteiger partial charge < -0.3 is 20.9 Å². The number of piperazine rings is 1. The molecule has 0 atom stereocenters. The minimum absolute atomic E-state index is 0. The van der Waals surface area contributed by atoms with Gasteiger partial charge in [0.15, 0.2) is 0 Å². The first-order chi connectivity index (χ1) is 10.1. The third-order valence-electron chi connectivity index (χ3n) is 3.62. The molecule has 1 aliphatic heterocycles. The van der Waals surface area contributed by atoms with Crippen LogP contribution in [0.25, 0.3) is 0 Å². The quantitative estimate of drug-likeness (QED) is 0.820. The maximum absolute atomic E-state index is 12.0. The zero-order valence-electron chi connectivity index (χ0n) is 13.2. The predicted molar refractivity (Wildman–Crippen MR) is 96.5 cm³/mol. The molecule has 0 spiro atoms. The monoisotopic (exact) mass is 362 g/mol. The second kappa shape index (κ2) is 10.3. The summed E-state index contributed by atoms with van der Waals surface area (Å²) in [4.78, 5) is 27.1. The SMILES string of the molecule is Cc1cccc(N2CCN(C(=O)CNC(=O)CN)CC2)c1.Cl.Cl. The number of carbonyl (C=O) groups is 2. The Morgan fingerprint density at radius 2 is 1.83 bits per heavy atom. The molecule has 130 valence electrons. The third kappa shape index (κ3) is 6.25. The van der Waals surface area contributed by atoms with Gasteiger partial charge in [-0.1, -0.05) is 12.1 Å². The fourth-order valence-corrected chi connectivity index (χ4v) is 2.40. The number of hydrogen-bond donors (Lipinski definition) is 2. The molecule has 2 amide bonds. The molecular formula is C15H24Cl2N4O2. The average molecular weight is 363 g/mol. The highest BCUT2D eigenvalue weighted by Crippen LogP contribution is 2.17. The highest BCUT2D eigenvalue weighted by atomic mass is 35.5. The Morgan fingerprint density at radius 3 is 2.39 bits per heavy atom. The van der Waals surface area contributed by atoms with Gasteiger partial charge in [-0.05, 0) is 24.6 Å². The highest BCUT2D eigenvalue weighted by Gasteiger charge is 2.21. The fraction of sp³-hybridized carbons (Fsp3) is 0.467. The van der Waals surface area contributed by atoms with E-state index in [0.29, 0.717) is 13.1 Å². The molecule has 0 bridgehead atoms.